The van der Waals surface area contributed by atoms with Crippen molar-refractivity contribution in [2.45, 2.75) is 28.8 Å². The maximum absolute atomic E-state index is 12.1. The summed E-state index contributed by atoms with van der Waals surface area (Å²) >= 11 is 1.63. The number of nitrogens with two attached hydrogens (primary N) is 1. The Morgan fingerprint density at radius 3 is 2.44 bits per heavy atom. The first kappa shape index (κ1) is 19.5. The Labute approximate surface area is 152 Å². The molecule has 5 nitrogen and oxygen atoms in total. The van der Waals surface area contributed by atoms with Gasteiger partial charge in [-0.3, -0.25) is 4.79 Å². The maximum Gasteiger partial charge on any atom is 0.237 e. The van der Waals surface area contributed by atoms with E-state index in [0.29, 0.717) is 6.54 Å². The van der Waals surface area contributed by atoms with Crippen LogP contribution in [-0.4, -0.2) is 32.4 Å². The molecule has 25 heavy (non-hydrogen) atoms. The molecule has 0 bridgehead atoms. The standard InChI is InChI=1S/C18H22N2O3S2/c1-25(22,23)12-11-16(19)18(21)20-13-14-7-5-6-10-17(14)24-15-8-3-2-4-9-15/h2-10,16H,11-13,19H2,1H3,(H,20,21). The van der Waals surface area contributed by atoms with Crippen molar-refractivity contribution in [3.8, 4) is 0 Å². The van der Waals surface area contributed by atoms with Gasteiger partial charge in [-0.2, -0.15) is 0 Å². The molecule has 2 aromatic carbocycles. The van der Waals surface area contributed by atoms with Crippen LogP contribution in [0, 0.1) is 0 Å². The van der Waals surface area contributed by atoms with Crippen molar-refractivity contribution in [1.82, 2.24) is 5.32 Å². The van der Waals surface area contributed by atoms with E-state index in [9.17, 15) is 13.2 Å². The van der Waals surface area contributed by atoms with Crippen LogP contribution >= 0.6 is 11.8 Å². The van der Waals surface area contributed by atoms with E-state index in [2.05, 4.69) is 5.32 Å². The number of hydrogen-bond acceptors (Lipinski definition) is 5. The monoisotopic (exact) mass is 378 g/mol. The first-order valence-corrected chi connectivity index (χ1v) is 10.7. The zero-order chi connectivity index (χ0) is 18.3. The SMILES string of the molecule is CS(=O)(=O)CCC(N)C(=O)NCc1ccccc1Sc1ccccc1. The Bertz CT molecular complexity index is 808. The van der Waals surface area contributed by atoms with Gasteiger partial charge < -0.3 is 11.1 Å². The Hall–Kier alpha value is -1.83. The highest BCUT2D eigenvalue weighted by Crippen LogP contribution is 2.30. The molecule has 0 aromatic heterocycles. The molecular formula is C18H22N2O3S2. The van der Waals surface area contributed by atoms with Gasteiger partial charge in [0.15, 0.2) is 0 Å². The molecule has 1 atom stereocenters. The summed E-state index contributed by atoms with van der Waals surface area (Å²) in [5.74, 6) is -0.439. The highest BCUT2D eigenvalue weighted by Gasteiger charge is 2.16. The molecular weight excluding hydrogens is 356 g/mol. The van der Waals surface area contributed by atoms with Crippen LogP contribution in [0.2, 0.25) is 0 Å². The van der Waals surface area contributed by atoms with E-state index in [-0.39, 0.29) is 18.1 Å². The summed E-state index contributed by atoms with van der Waals surface area (Å²) in [7, 11) is -3.12. The minimum Gasteiger partial charge on any atom is -0.351 e. The number of carbonyl (C=O) groups is 1. The molecule has 0 spiro atoms. The van der Waals surface area contributed by atoms with Gasteiger partial charge in [-0.25, -0.2) is 8.42 Å². The van der Waals surface area contributed by atoms with Crippen LogP contribution in [0.1, 0.15) is 12.0 Å². The predicted molar refractivity (Wildman–Crippen MR) is 101 cm³/mol. The first-order chi connectivity index (χ1) is 11.8. The van der Waals surface area contributed by atoms with Crippen LogP contribution in [0.5, 0.6) is 0 Å². The molecule has 0 aliphatic rings. The van der Waals surface area contributed by atoms with Crippen molar-refractivity contribution in [3.63, 3.8) is 0 Å². The molecule has 0 saturated heterocycles. The third-order valence-corrected chi connectivity index (χ3v) is 5.64. The summed E-state index contributed by atoms with van der Waals surface area (Å²) in [5, 5.41) is 2.79. The normalized spacial score (nSPS) is 12.6. The zero-order valence-electron chi connectivity index (χ0n) is 14.0. The third-order valence-electron chi connectivity index (χ3n) is 3.53. The summed E-state index contributed by atoms with van der Waals surface area (Å²) < 4.78 is 22.3. The van der Waals surface area contributed by atoms with Gasteiger partial charge in [0, 0.05) is 22.6 Å². The predicted octanol–water partition coefficient (Wildman–Crippen LogP) is 2.22. The molecule has 134 valence electrons. The van der Waals surface area contributed by atoms with E-state index < -0.39 is 15.9 Å². The van der Waals surface area contributed by atoms with Crippen molar-refractivity contribution >= 4 is 27.5 Å². The number of hydrogen-bond donors (Lipinski definition) is 2. The Morgan fingerprint density at radius 1 is 1.12 bits per heavy atom. The van der Waals surface area contributed by atoms with Crippen LogP contribution in [0.15, 0.2) is 64.4 Å². The van der Waals surface area contributed by atoms with Crippen LogP contribution in [0.4, 0.5) is 0 Å². The topological polar surface area (TPSA) is 89.3 Å². The van der Waals surface area contributed by atoms with Gasteiger partial charge in [0.25, 0.3) is 0 Å². The van der Waals surface area contributed by atoms with Gasteiger partial charge in [-0.1, -0.05) is 48.2 Å². The van der Waals surface area contributed by atoms with Crippen LogP contribution in [0.25, 0.3) is 0 Å². The van der Waals surface area contributed by atoms with E-state index in [1.54, 1.807) is 11.8 Å². The fourth-order valence-corrected chi connectivity index (χ4v) is 3.80. The second-order valence-corrected chi connectivity index (χ2v) is 9.14. The molecule has 1 unspecified atom stereocenters. The highest BCUT2D eigenvalue weighted by molar-refractivity contribution is 7.99. The molecule has 0 heterocycles. The quantitative estimate of drug-likeness (QED) is 0.735. The molecule has 7 heteroatoms. The third kappa shape index (κ3) is 6.89. The summed E-state index contributed by atoms with van der Waals surface area (Å²) in [4.78, 5) is 14.2. The molecule has 0 fully saturated rings. The Kier molecular flexibility index (Phi) is 7.04. The number of benzene rings is 2. The van der Waals surface area contributed by atoms with E-state index >= 15 is 0 Å². The van der Waals surface area contributed by atoms with Gasteiger partial charge in [-0.15, -0.1) is 0 Å². The van der Waals surface area contributed by atoms with Gasteiger partial charge in [0.1, 0.15) is 9.84 Å². The summed E-state index contributed by atoms with van der Waals surface area (Å²) in [5.41, 5.74) is 6.75. The van der Waals surface area contributed by atoms with Gasteiger partial charge in [0.05, 0.1) is 11.8 Å². The number of sulfone groups is 1. The fourth-order valence-electron chi connectivity index (χ4n) is 2.15. The van der Waals surface area contributed by atoms with E-state index in [1.165, 1.54) is 0 Å². The van der Waals surface area contributed by atoms with E-state index in [4.69, 9.17) is 5.73 Å². The maximum atomic E-state index is 12.1. The van der Waals surface area contributed by atoms with Gasteiger partial charge >= 0.3 is 0 Å². The van der Waals surface area contributed by atoms with E-state index in [0.717, 1.165) is 21.6 Å². The van der Waals surface area contributed by atoms with Gasteiger partial charge in [-0.05, 0) is 30.2 Å². The van der Waals surface area contributed by atoms with Crippen LogP contribution < -0.4 is 11.1 Å². The largest absolute Gasteiger partial charge is 0.351 e. The number of nitrogens with one attached hydrogen (secondary N) is 1. The molecule has 2 rings (SSSR count). The smallest absolute Gasteiger partial charge is 0.237 e. The van der Waals surface area contributed by atoms with Crippen LogP contribution in [0.3, 0.4) is 0 Å². The minimum atomic E-state index is -3.12. The van der Waals surface area contributed by atoms with Crippen molar-refractivity contribution in [1.29, 1.82) is 0 Å². The fraction of sp³-hybridized carbons (Fsp3) is 0.278. The van der Waals surface area contributed by atoms with Crippen molar-refractivity contribution in [2.75, 3.05) is 12.0 Å². The lowest BCUT2D eigenvalue weighted by Crippen LogP contribution is -2.41. The van der Waals surface area contributed by atoms with Crippen LogP contribution in [-0.2, 0) is 21.2 Å². The molecule has 0 aliphatic heterocycles. The number of carbonyl (C=O) groups excluding carboxylic acids is 1. The molecule has 1 amide bonds. The molecule has 3 N–H and O–H groups in total. The van der Waals surface area contributed by atoms with E-state index in [1.807, 2.05) is 54.6 Å². The highest BCUT2D eigenvalue weighted by atomic mass is 32.2. The molecule has 0 saturated carbocycles. The second-order valence-electron chi connectivity index (χ2n) is 5.77. The van der Waals surface area contributed by atoms with Crippen molar-refractivity contribution in [3.05, 3.63) is 60.2 Å². The lowest BCUT2D eigenvalue weighted by molar-refractivity contribution is -0.122. The lowest BCUT2D eigenvalue weighted by Gasteiger charge is -2.14. The average Bonchev–Trinajstić information content (AvgIpc) is 2.59. The average molecular weight is 379 g/mol. The van der Waals surface area contributed by atoms with Gasteiger partial charge in [0.2, 0.25) is 5.91 Å². The zero-order valence-corrected chi connectivity index (χ0v) is 15.6. The van der Waals surface area contributed by atoms with Crippen molar-refractivity contribution < 1.29 is 13.2 Å². The summed E-state index contributed by atoms with van der Waals surface area (Å²) in [6.07, 6.45) is 1.25. The van der Waals surface area contributed by atoms with Crippen molar-refractivity contribution in [2.24, 2.45) is 5.73 Å². The first-order valence-electron chi connectivity index (χ1n) is 7.87. The molecule has 0 radical (unpaired) electrons. The number of rotatable bonds is 8. The second kappa shape index (κ2) is 9.03. The minimum absolute atomic E-state index is 0.0952. The molecule has 2 aromatic rings. The lowest BCUT2D eigenvalue weighted by atomic mass is 10.2. The molecule has 0 aliphatic carbocycles. The summed E-state index contributed by atoms with van der Waals surface area (Å²) in [6, 6.07) is 17.0. The Balaban J connectivity index is 1.95. The summed E-state index contributed by atoms with van der Waals surface area (Å²) in [6.45, 7) is 0.349. The number of amides is 1. The Morgan fingerprint density at radius 2 is 1.76 bits per heavy atom.